The maximum atomic E-state index is 13.2. The normalized spacial score (nSPS) is 17.3. The SMILES string of the molecule is CCOc1cc(C2C(=C(O)c3ccc(Cl)cc3)C(=O)C(=O)N2CCN(C)C)ccc1OCCC(C)C. The Bertz CT molecular complexity index is 1110. The number of likely N-dealkylation sites (tertiary alicyclic amines) is 1. The fourth-order valence-corrected chi connectivity index (χ4v) is 4.14. The largest absolute Gasteiger partial charge is 0.507 e. The van der Waals surface area contributed by atoms with Gasteiger partial charge in [-0.3, -0.25) is 9.59 Å². The van der Waals surface area contributed by atoms with E-state index in [-0.39, 0.29) is 11.3 Å². The molecule has 3 rings (SSSR count). The van der Waals surface area contributed by atoms with Gasteiger partial charge in [0.15, 0.2) is 11.5 Å². The molecular weight excluding hydrogens is 480 g/mol. The summed E-state index contributed by atoms with van der Waals surface area (Å²) in [6.07, 6.45) is 0.902. The highest BCUT2D eigenvalue weighted by Gasteiger charge is 2.46. The van der Waals surface area contributed by atoms with E-state index >= 15 is 0 Å². The van der Waals surface area contributed by atoms with E-state index in [1.807, 2.05) is 32.0 Å². The van der Waals surface area contributed by atoms with Crippen LogP contribution in [0.5, 0.6) is 11.5 Å². The van der Waals surface area contributed by atoms with Crippen LogP contribution >= 0.6 is 11.6 Å². The molecule has 0 bridgehead atoms. The molecular formula is C28H35ClN2O5. The Morgan fingerprint density at radius 3 is 2.39 bits per heavy atom. The summed E-state index contributed by atoms with van der Waals surface area (Å²) in [7, 11) is 3.80. The molecule has 0 aliphatic carbocycles. The summed E-state index contributed by atoms with van der Waals surface area (Å²) in [5.74, 6) is 0.0309. The lowest BCUT2D eigenvalue weighted by Gasteiger charge is -2.27. The zero-order valence-corrected chi connectivity index (χ0v) is 22.3. The van der Waals surface area contributed by atoms with Crippen LogP contribution in [-0.4, -0.2) is 67.0 Å². The Labute approximate surface area is 218 Å². The molecule has 1 saturated heterocycles. The van der Waals surface area contributed by atoms with Gasteiger partial charge in [0.05, 0.1) is 24.8 Å². The van der Waals surface area contributed by atoms with E-state index in [1.165, 1.54) is 4.90 Å². The second-order valence-electron chi connectivity index (χ2n) is 9.47. The summed E-state index contributed by atoms with van der Waals surface area (Å²) >= 11 is 6.00. The van der Waals surface area contributed by atoms with Gasteiger partial charge < -0.3 is 24.4 Å². The van der Waals surface area contributed by atoms with Crippen LogP contribution in [0.25, 0.3) is 5.76 Å². The van der Waals surface area contributed by atoms with Crippen LogP contribution in [0, 0.1) is 5.92 Å². The highest BCUT2D eigenvalue weighted by atomic mass is 35.5. The molecule has 1 N–H and O–H groups in total. The fraction of sp³-hybridized carbons (Fsp3) is 0.429. The quantitative estimate of drug-likeness (QED) is 0.254. The minimum absolute atomic E-state index is 0.0389. The van der Waals surface area contributed by atoms with Crippen LogP contribution in [0.15, 0.2) is 48.0 Å². The Morgan fingerprint density at radius 2 is 1.78 bits per heavy atom. The van der Waals surface area contributed by atoms with Crippen LogP contribution < -0.4 is 9.47 Å². The predicted octanol–water partition coefficient (Wildman–Crippen LogP) is 5.15. The predicted molar refractivity (Wildman–Crippen MR) is 142 cm³/mol. The molecule has 0 aromatic heterocycles. The van der Waals surface area contributed by atoms with E-state index in [0.717, 1.165) is 6.42 Å². The summed E-state index contributed by atoms with van der Waals surface area (Å²) in [6, 6.07) is 11.1. The summed E-state index contributed by atoms with van der Waals surface area (Å²) in [5.41, 5.74) is 1.11. The Morgan fingerprint density at radius 1 is 1.08 bits per heavy atom. The number of benzene rings is 2. The van der Waals surface area contributed by atoms with Gasteiger partial charge in [-0.1, -0.05) is 31.5 Å². The third-order valence-electron chi connectivity index (χ3n) is 5.98. The van der Waals surface area contributed by atoms with Crippen molar-refractivity contribution >= 4 is 29.1 Å². The van der Waals surface area contributed by atoms with Crippen LogP contribution in [0.1, 0.15) is 44.4 Å². The van der Waals surface area contributed by atoms with E-state index in [1.54, 1.807) is 36.4 Å². The van der Waals surface area contributed by atoms with Gasteiger partial charge in [0.2, 0.25) is 0 Å². The fourth-order valence-electron chi connectivity index (χ4n) is 4.02. The first-order valence-corrected chi connectivity index (χ1v) is 12.6. The van der Waals surface area contributed by atoms with E-state index in [0.29, 0.717) is 59.9 Å². The first kappa shape index (κ1) is 27.6. The standard InChI is InChI=1S/C28H35ClN2O5/c1-6-35-23-17-20(9-12-22(23)36-16-13-18(2)3)25-24(26(32)19-7-10-21(29)11-8-19)27(33)28(34)31(25)15-14-30(4)5/h7-12,17-18,25,32H,6,13-16H2,1-5H3. The van der Waals surface area contributed by atoms with Gasteiger partial charge in [0.25, 0.3) is 11.7 Å². The number of carbonyl (C=O) groups excluding carboxylic acids is 2. The minimum atomic E-state index is -0.774. The minimum Gasteiger partial charge on any atom is -0.507 e. The van der Waals surface area contributed by atoms with Gasteiger partial charge in [-0.2, -0.15) is 0 Å². The van der Waals surface area contributed by atoms with E-state index in [2.05, 4.69) is 13.8 Å². The maximum Gasteiger partial charge on any atom is 0.295 e. The number of ether oxygens (including phenoxy) is 2. The van der Waals surface area contributed by atoms with E-state index in [9.17, 15) is 14.7 Å². The lowest BCUT2D eigenvalue weighted by Crippen LogP contribution is -2.35. The first-order valence-electron chi connectivity index (χ1n) is 12.2. The Balaban J connectivity index is 2.10. The summed E-state index contributed by atoms with van der Waals surface area (Å²) in [6.45, 7) is 8.00. The molecule has 1 fully saturated rings. The molecule has 7 nitrogen and oxygen atoms in total. The van der Waals surface area contributed by atoms with Gasteiger partial charge in [0, 0.05) is 23.7 Å². The molecule has 2 aromatic rings. The number of amides is 1. The number of ketones is 1. The summed E-state index contributed by atoms with van der Waals surface area (Å²) in [5, 5.41) is 11.7. The number of halogens is 1. The van der Waals surface area contributed by atoms with Crippen molar-refractivity contribution in [2.24, 2.45) is 5.92 Å². The van der Waals surface area contributed by atoms with Crippen molar-refractivity contribution in [2.45, 2.75) is 33.2 Å². The van der Waals surface area contributed by atoms with Crippen molar-refractivity contribution in [1.82, 2.24) is 9.80 Å². The molecule has 0 radical (unpaired) electrons. The second kappa shape index (κ2) is 12.3. The number of hydrogen-bond donors (Lipinski definition) is 1. The summed E-state index contributed by atoms with van der Waals surface area (Å²) in [4.78, 5) is 29.8. The van der Waals surface area contributed by atoms with Crippen molar-refractivity contribution in [3.8, 4) is 11.5 Å². The van der Waals surface area contributed by atoms with Crippen molar-refractivity contribution in [3.63, 3.8) is 0 Å². The van der Waals surface area contributed by atoms with Gasteiger partial charge >= 0.3 is 0 Å². The molecule has 0 saturated carbocycles. The lowest BCUT2D eigenvalue weighted by molar-refractivity contribution is -0.140. The van der Waals surface area contributed by atoms with E-state index < -0.39 is 17.7 Å². The number of rotatable bonds is 11. The van der Waals surface area contributed by atoms with Crippen molar-refractivity contribution in [1.29, 1.82) is 0 Å². The molecule has 1 unspecified atom stereocenters. The molecule has 2 aromatic carbocycles. The zero-order chi connectivity index (χ0) is 26.4. The number of aliphatic hydroxyl groups excluding tert-OH is 1. The molecule has 0 spiro atoms. The number of Topliss-reactive ketones (excluding diaryl/α,β-unsaturated/α-hetero) is 1. The van der Waals surface area contributed by atoms with Crippen LogP contribution in [0.2, 0.25) is 5.02 Å². The third kappa shape index (κ3) is 6.39. The number of carbonyl (C=O) groups is 2. The van der Waals surface area contributed by atoms with Crippen molar-refractivity contribution in [2.75, 3.05) is 40.4 Å². The second-order valence-corrected chi connectivity index (χ2v) is 9.91. The molecule has 1 heterocycles. The molecule has 1 aliphatic rings. The van der Waals surface area contributed by atoms with E-state index in [4.69, 9.17) is 21.1 Å². The molecule has 8 heteroatoms. The topological polar surface area (TPSA) is 79.3 Å². The number of hydrogen-bond acceptors (Lipinski definition) is 6. The third-order valence-corrected chi connectivity index (χ3v) is 6.23. The van der Waals surface area contributed by atoms with Gasteiger partial charge in [-0.05, 0) is 75.3 Å². The Hall–Kier alpha value is -3.03. The van der Waals surface area contributed by atoms with Crippen LogP contribution in [-0.2, 0) is 9.59 Å². The zero-order valence-electron chi connectivity index (χ0n) is 21.6. The molecule has 1 atom stereocenters. The van der Waals surface area contributed by atoms with Crippen molar-refractivity contribution in [3.05, 3.63) is 64.2 Å². The number of aliphatic hydroxyl groups is 1. The molecule has 1 amide bonds. The summed E-state index contributed by atoms with van der Waals surface area (Å²) < 4.78 is 11.8. The first-order chi connectivity index (χ1) is 17.1. The van der Waals surface area contributed by atoms with Crippen LogP contribution in [0.4, 0.5) is 0 Å². The van der Waals surface area contributed by atoms with Crippen molar-refractivity contribution < 1.29 is 24.2 Å². The van der Waals surface area contributed by atoms with Gasteiger partial charge in [-0.25, -0.2) is 0 Å². The van der Waals surface area contributed by atoms with Gasteiger partial charge in [-0.15, -0.1) is 0 Å². The highest BCUT2D eigenvalue weighted by Crippen LogP contribution is 2.42. The van der Waals surface area contributed by atoms with Gasteiger partial charge in [0.1, 0.15) is 5.76 Å². The smallest absolute Gasteiger partial charge is 0.295 e. The monoisotopic (exact) mass is 514 g/mol. The molecule has 194 valence electrons. The number of nitrogens with zero attached hydrogens (tertiary/aromatic N) is 2. The maximum absolute atomic E-state index is 13.2. The van der Waals surface area contributed by atoms with Crippen LogP contribution in [0.3, 0.4) is 0 Å². The highest BCUT2D eigenvalue weighted by molar-refractivity contribution is 6.46. The molecule has 36 heavy (non-hydrogen) atoms. The average Bonchev–Trinajstić information content (AvgIpc) is 3.08. The lowest BCUT2D eigenvalue weighted by atomic mass is 9.95. The molecule has 1 aliphatic heterocycles. The average molecular weight is 515 g/mol. The Kier molecular flexibility index (Phi) is 9.40. The number of likely N-dealkylation sites (N-methyl/N-ethyl adjacent to an activating group) is 1.